The number of hydrogen-bond donors (Lipinski definition) is 1. The minimum absolute atomic E-state index is 0.570. The van der Waals surface area contributed by atoms with Gasteiger partial charge in [-0.1, -0.05) is 27.7 Å². The maximum Gasteiger partial charge on any atom is 0.0221 e. The van der Waals surface area contributed by atoms with E-state index in [-0.39, 0.29) is 0 Å². The molecule has 2 rings (SSSR count). The predicted octanol–water partition coefficient (Wildman–Crippen LogP) is 3.28. The number of nitrogens with one attached hydrogen (secondary N) is 1. The van der Waals surface area contributed by atoms with Gasteiger partial charge in [-0.25, -0.2) is 0 Å². The van der Waals surface area contributed by atoms with Gasteiger partial charge in [0.25, 0.3) is 0 Å². The van der Waals surface area contributed by atoms with Gasteiger partial charge in [-0.2, -0.15) is 0 Å². The third-order valence-electron chi connectivity index (χ3n) is 5.21. The van der Waals surface area contributed by atoms with Crippen LogP contribution in [0.15, 0.2) is 0 Å². The Labute approximate surface area is 114 Å². The molecule has 18 heavy (non-hydrogen) atoms. The third kappa shape index (κ3) is 3.48. The Morgan fingerprint density at radius 1 is 1.28 bits per heavy atom. The summed E-state index contributed by atoms with van der Waals surface area (Å²) in [6, 6.07) is 1.56. The Kier molecular flexibility index (Phi) is 4.71. The van der Waals surface area contributed by atoms with Crippen molar-refractivity contribution in [3.63, 3.8) is 0 Å². The van der Waals surface area contributed by atoms with Gasteiger partial charge in [0.2, 0.25) is 0 Å². The van der Waals surface area contributed by atoms with Crippen molar-refractivity contribution in [2.45, 2.75) is 71.9 Å². The molecule has 0 aromatic carbocycles. The van der Waals surface area contributed by atoms with E-state index in [1.54, 1.807) is 0 Å². The monoisotopic (exact) mass is 252 g/mol. The standard InChI is InChI=1S/C16H32N2/c1-5-18-10-6-7-14(18)12-17-15-8-9-16(3,4)11-13(15)2/h13-15,17H,5-12H2,1-4H3. The first-order valence-electron chi connectivity index (χ1n) is 7.99. The maximum atomic E-state index is 3.87. The lowest BCUT2D eigenvalue weighted by Crippen LogP contribution is -2.46. The molecule has 1 heterocycles. The molecule has 2 nitrogen and oxygen atoms in total. The van der Waals surface area contributed by atoms with Gasteiger partial charge in [0.15, 0.2) is 0 Å². The van der Waals surface area contributed by atoms with Crippen LogP contribution in [0.4, 0.5) is 0 Å². The molecule has 1 aliphatic heterocycles. The topological polar surface area (TPSA) is 15.3 Å². The van der Waals surface area contributed by atoms with Gasteiger partial charge in [0.1, 0.15) is 0 Å². The van der Waals surface area contributed by atoms with E-state index < -0.39 is 0 Å². The van der Waals surface area contributed by atoms with Gasteiger partial charge in [0.05, 0.1) is 0 Å². The van der Waals surface area contributed by atoms with Crippen LogP contribution in [0.1, 0.15) is 59.8 Å². The molecule has 106 valence electrons. The average molecular weight is 252 g/mol. The van der Waals surface area contributed by atoms with Crippen LogP contribution in [0.3, 0.4) is 0 Å². The molecule has 0 bridgehead atoms. The Morgan fingerprint density at radius 2 is 2.06 bits per heavy atom. The van der Waals surface area contributed by atoms with E-state index in [1.165, 1.54) is 51.7 Å². The first-order chi connectivity index (χ1) is 8.52. The largest absolute Gasteiger partial charge is 0.312 e. The normalized spacial score (nSPS) is 37.0. The van der Waals surface area contributed by atoms with Crippen LogP contribution >= 0.6 is 0 Å². The molecule has 1 aliphatic carbocycles. The van der Waals surface area contributed by atoms with Crippen molar-refractivity contribution in [3.8, 4) is 0 Å². The molecule has 3 atom stereocenters. The number of hydrogen-bond acceptors (Lipinski definition) is 2. The summed E-state index contributed by atoms with van der Waals surface area (Å²) in [4.78, 5) is 2.64. The van der Waals surface area contributed by atoms with E-state index in [9.17, 15) is 0 Å². The average Bonchev–Trinajstić information content (AvgIpc) is 2.74. The Bertz CT molecular complexity index is 262. The highest BCUT2D eigenvalue weighted by atomic mass is 15.2. The summed E-state index contributed by atoms with van der Waals surface area (Å²) >= 11 is 0. The minimum Gasteiger partial charge on any atom is -0.312 e. The molecule has 1 saturated carbocycles. The van der Waals surface area contributed by atoms with Crippen LogP contribution < -0.4 is 5.32 Å². The molecule has 1 N–H and O–H groups in total. The molecule has 2 fully saturated rings. The minimum atomic E-state index is 0.570. The fourth-order valence-electron chi connectivity index (χ4n) is 4.08. The quantitative estimate of drug-likeness (QED) is 0.826. The van der Waals surface area contributed by atoms with Crippen molar-refractivity contribution in [3.05, 3.63) is 0 Å². The van der Waals surface area contributed by atoms with Crippen LogP contribution in [0.25, 0.3) is 0 Å². The second-order valence-electron chi connectivity index (χ2n) is 7.32. The molecule has 0 spiro atoms. The molecular formula is C16H32N2. The van der Waals surface area contributed by atoms with E-state index in [0.29, 0.717) is 5.41 Å². The second kappa shape index (κ2) is 5.92. The molecule has 0 aromatic rings. The lowest BCUT2D eigenvalue weighted by atomic mass is 9.70. The summed E-state index contributed by atoms with van der Waals surface area (Å²) < 4.78 is 0. The highest BCUT2D eigenvalue weighted by molar-refractivity contribution is 4.89. The van der Waals surface area contributed by atoms with Crippen molar-refractivity contribution in [2.24, 2.45) is 11.3 Å². The Balaban J connectivity index is 1.77. The molecule has 0 radical (unpaired) electrons. The highest BCUT2D eigenvalue weighted by Gasteiger charge is 2.33. The van der Waals surface area contributed by atoms with Crippen LogP contribution in [-0.4, -0.2) is 36.6 Å². The van der Waals surface area contributed by atoms with Crippen LogP contribution in [0.5, 0.6) is 0 Å². The molecular weight excluding hydrogens is 220 g/mol. The third-order valence-corrected chi connectivity index (χ3v) is 5.21. The number of likely N-dealkylation sites (tertiary alicyclic amines) is 1. The van der Waals surface area contributed by atoms with Crippen LogP contribution in [0.2, 0.25) is 0 Å². The van der Waals surface area contributed by atoms with Crippen LogP contribution in [-0.2, 0) is 0 Å². The SMILES string of the molecule is CCN1CCCC1CNC1CCC(C)(C)CC1C. The van der Waals surface area contributed by atoms with Gasteiger partial charge >= 0.3 is 0 Å². The lowest BCUT2D eigenvalue weighted by Gasteiger charge is -2.40. The smallest absolute Gasteiger partial charge is 0.0221 e. The molecule has 3 unspecified atom stereocenters. The van der Waals surface area contributed by atoms with Crippen molar-refractivity contribution >= 4 is 0 Å². The zero-order valence-electron chi connectivity index (χ0n) is 12.8. The van der Waals surface area contributed by atoms with E-state index in [0.717, 1.165) is 18.0 Å². The summed E-state index contributed by atoms with van der Waals surface area (Å²) in [7, 11) is 0. The van der Waals surface area contributed by atoms with E-state index >= 15 is 0 Å². The van der Waals surface area contributed by atoms with E-state index in [4.69, 9.17) is 0 Å². The van der Waals surface area contributed by atoms with E-state index in [1.807, 2.05) is 0 Å². The molecule has 0 amide bonds. The van der Waals surface area contributed by atoms with Gasteiger partial charge in [-0.3, -0.25) is 4.90 Å². The van der Waals surface area contributed by atoms with Gasteiger partial charge in [-0.05, 0) is 56.5 Å². The summed E-state index contributed by atoms with van der Waals surface area (Å²) in [5.41, 5.74) is 0.570. The van der Waals surface area contributed by atoms with Crippen molar-refractivity contribution < 1.29 is 0 Å². The Hall–Kier alpha value is -0.0800. The second-order valence-corrected chi connectivity index (χ2v) is 7.32. The zero-order valence-corrected chi connectivity index (χ0v) is 12.8. The fourth-order valence-corrected chi connectivity index (χ4v) is 4.08. The molecule has 0 aromatic heterocycles. The summed E-state index contributed by atoms with van der Waals surface area (Å²) in [6.45, 7) is 13.3. The molecule has 2 aliphatic rings. The molecule has 1 saturated heterocycles. The predicted molar refractivity (Wildman–Crippen MR) is 78.9 cm³/mol. The van der Waals surface area contributed by atoms with Gasteiger partial charge < -0.3 is 5.32 Å². The maximum absolute atomic E-state index is 3.87. The number of nitrogens with zero attached hydrogens (tertiary/aromatic N) is 1. The fraction of sp³-hybridized carbons (Fsp3) is 1.00. The van der Waals surface area contributed by atoms with E-state index in [2.05, 4.69) is 37.9 Å². The first-order valence-corrected chi connectivity index (χ1v) is 7.99. The number of rotatable bonds is 4. The van der Waals surface area contributed by atoms with Crippen molar-refractivity contribution in [1.29, 1.82) is 0 Å². The van der Waals surface area contributed by atoms with Gasteiger partial charge in [-0.15, -0.1) is 0 Å². The molecule has 2 heteroatoms. The summed E-state index contributed by atoms with van der Waals surface area (Å²) in [6.07, 6.45) is 6.93. The zero-order chi connectivity index (χ0) is 13.2. The Morgan fingerprint density at radius 3 is 2.72 bits per heavy atom. The van der Waals surface area contributed by atoms with Crippen molar-refractivity contribution in [2.75, 3.05) is 19.6 Å². The van der Waals surface area contributed by atoms with Crippen LogP contribution in [0, 0.1) is 11.3 Å². The highest BCUT2D eigenvalue weighted by Crippen LogP contribution is 2.38. The first kappa shape index (κ1) is 14.3. The lowest BCUT2D eigenvalue weighted by molar-refractivity contribution is 0.141. The van der Waals surface area contributed by atoms with Gasteiger partial charge in [0, 0.05) is 18.6 Å². The van der Waals surface area contributed by atoms with Crippen molar-refractivity contribution in [1.82, 2.24) is 10.2 Å². The number of likely N-dealkylation sites (N-methyl/N-ethyl adjacent to an activating group) is 1. The summed E-state index contributed by atoms with van der Waals surface area (Å²) in [5.74, 6) is 0.838. The summed E-state index contributed by atoms with van der Waals surface area (Å²) in [5, 5.41) is 3.87.